The largest absolute Gasteiger partial charge is 0.368 e. The van der Waals surface area contributed by atoms with Crippen molar-refractivity contribution in [3.05, 3.63) is 0 Å². The summed E-state index contributed by atoms with van der Waals surface area (Å²) in [5, 5.41) is 5.89. The summed E-state index contributed by atoms with van der Waals surface area (Å²) in [6.45, 7) is 4.51. The van der Waals surface area contributed by atoms with E-state index in [4.69, 9.17) is 5.73 Å². The molecule has 0 radical (unpaired) electrons. The zero-order chi connectivity index (χ0) is 11.4. The van der Waals surface area contributed by atoms with Crippen molar-refractivity contribution in [2.45, 2.75) is 38.8 Å². The lowest BCUT2D eigenvalue weighted by atomic mass is 9.97. The molecule has 2 amide bonds. The molecule has 1 heterocycles. The van der Waals surface area contributed by atoms with E-state index in [-0.39, 0.29) is 17.9 Å². The number of hydrogen-bond acceptors (Lipinski definition) is 3. The summed E-state index contributed by atoms with van der Waals surface area (Å²) in [5.74, 6) is -0.600. The van der Waals surface area contributed by atoms with Gasteiger partial charge in [0.1, 0.15) is 6.04 Å². The van der Waals surface area contributed by atoms with E-state index >= 15 is 0 Å². The second kappa shape index (κ2) is 5.11. The van der Waals surface area contributed by atoms with Crippen LogP contribution in [0.3, 0.4) is 0 Å². The summed E-state index contributed by atoms with van der Waals surface area (Å²) in [6.07, 6.45) is 1.75. The molecule has 0 spiro atoms. The summed E-state index contributed by atoms with van der Waals surface area (Å²) in [6, 6.07) is -0.360. The summed E-state index contributed by atoms with van der Waals surface area (Å²) in [7, 11) is 0. The standard InChI is InChI=1S/C10H19N3O2/c1-3-8-7(4-5-12-8)10(15)13-6(2)9(11)14/h6-8,12H,3-5H2,1-2H3,(H2,11,14)(H,13,15)/t6-,7?,8?/m0/s1. The molecular weight excluding hydrogens is 194 g/mol. The molecule has 0 aromatic carbocycles. The molecule has 1 saturated heterocycles. The van der Waals surface area contributed by atoms with Crippen LogP contribution < -0.4 is 16.4 Å². The Bertz CT molecular complexity index is 255. The normalized spacial score (nSPS) is 27.3. The van der Waals surface area contributed by atoms with Gasteiger partial charge >= 0.3 is 0 Å². The number of primary amides is 1. The van der Waals surface area contributed by atoms with Gasteiger partial charge in [0.2, 0.25) is 11.8 Å². The Morgan fingerprint density at radius 3 is 2.80 bits per heavy atom. The zero-order valence-electron chi connectivity index (χ0n) is 9.25. The Labute approximate surface area is 89.8 Å². The van der Waals surface area contributed by atoms with Crippen molar-refractivity contribution in [3.8, 4) is 0 Å². The molecule has 0 aromatic rings. The molecule has 2 unspecified atom stereocenters. The van der Waals surface area contributed by atoms with Gasteiger partial charge in [-0.25, -0.2) is 0 Å². The molecule has 1 fully saturated rings. The number of amides is 2. The number of rotatable bonds is 4. The highest BCUT2D eigenvalue weighted by Crippen LogP contribution is 2.18. The number of nitrogens with one attached hydrogen (secondary N) is 2. The highest BCUT2D eigenvalue weighted by atomic mass is 16.2. The van der Waals surface area contributed by atoms with E-state index in [0.29, 0.717) is 0 Å². The van der Waals surface area contributed by atoms with Crippen LogP contribution in [-0.2, 0) is 9.59 Å². The molecule has 0 bridgehead atoms. The molecule has 1 aliphatic rings. The van der Waals surface area contributed by atoms with Crippen molar-refractivity contribution in [1.29, 1.82) is 0 Å². The molecule has 0 saturated carbocycles. The van der Waals surface area contributed by atoms with Gasteiger partial charge in [0.15, 0.2) is 0 Å². The van der Waals surface area contributed by atoms with Gasteiger partial charge in [-0.1, -0.05) is 6.92 Å². The second-order valence-electron chi connectivity index (χ2n) is 4.00. The van der Waals surface area contributed by atoms with Crippen LogP contribution in [0.2, 0.25) is 0 Å². The molecule has 1 aliphatic heterocycles. The van der Waals surface area contributed by atoms with Gasteiger partial charge in [-0.15, -0.1) is 0 Å². The Morgan fingerprint density at radius 1 is 1.60 bits per heavy atom. The van der Waals surface area contributed by atoms with Crippen molar-refractivity contribution in [2.24, 2.45) is 11.7 Å². The minimum absolute atomic E-state index is 0.0307. The van der Waals surface area contributed by atoms with Crippen LogP contribution in [0.4, 0.5) is 0 Å². The van der Waals surface area contributed by atoms with Gasteiger partial charge in [0.25, 0.3) is 0 Å². The lowest BCUT2D eigenvalue weighted by Crippen LogP contribution is -2.46. The SMILES string of the molecule is CCC1NCCC1C(=O)N[C@@H](C)C(N)=O. The van der Waals surface area contributed by atoms with Gasteiger partial charge in [0, 0.05) is 6.04 Å². The average Bonchev–Trinajstić information content (AvgIpc) is 2.64. The predicted octanol–water partition coefficient (Wildman–Crippen LogP) is -0.635. The van der Waals surface area contributed by atoms with Crippen LogP contribution in [0, 0.1) is 5.92 Å². The van der Waals surface area contributed by atoms with Crippen LogP contribution in [0.25, 0.3) is 0 Å². The Kier molecular flexibility index (Phi) is 4.08. The fraction of sp³-hybridized carbons (Fsp3) is 0.800. The number of nitrogens with two attached hydrogens (primary N) is 1. The minimum Gasteiger partial charge on any atom is -0.368 e. The monoisotopic (exact) mass is 213 g/mol. The Balaban J connectivity index is 2.49. The molecule has 1 rings (SSSR count). The van der Waals surface area contributed by atoms with Crippen molar-refractivity contribution >= 4 is 11.8 Å². The van der Waals surface area contributed by atoms with E-state index in [2.05, 4.69) is 10.6 Å². The van der Waals surface area contributed by atoms with Crippen LogP contribution in [0.5, 0.6) is 0 Å². The fourth-order valence-corrected chi connectivity index (χ4v) is 1.90. The van der Waals surface area contributed by atoms with Gasteiger partial charge < -0.3 is 16.4 Å². The zero-order valence-corrected chi connectivity index (χ0v) is 9.25. The van der Waals surface area contributed by atoms with E-state index in [9.17, 15) is 9.59 Å². The first-order chi connectivity index (χ1) is 7.06. The first kappa shape index (κ1) is 12.0. The lowest BCUT2D eigenvalue weighted by molar-refractivity contribution is -0.129. The summed E-state index contributed by atoms with van der Waals surface area (Å²) in [4.78, 5) is 22.6. The summed E-state index contributed by atoms with van der Waals surface area (Å²) in [5.41, 5.74) is 5.08. The second-order valence-corrected chi connectivity index (χ2v) is 4.00. The maximum absolute atomic E-state index is 11.8. The van der Waals surface area contributed by atoms with Crippen molar-refractivity contribution in [2.75, 3.05) is 6.54 Å². The average molecular weight is 213 g/mol. The molecule has 0 aliphatic carbocycles. The van der Waals surface area contributed by atoms with E-state index in [0.717, 1.165) is 19.4 Å². The molecule has 3 atom stereocenters. The molecule has 0 aromatic heterocycles. The first-order valence-electron chi connectivity index (χ1n) is 5.39. The van der Waals surface area contributed by atoms with E-state index in [1.54, 1.807) is 6.92 Å². The molecule has 86 valence electrons. The Hall–Kier alpha value is -1.10. The molecule has 5 heteroatoms. The van der Waals surface area contributed by atoms with Crippen LogP contribution in [0.1, 0.15) is 26.7 Å². The highest BCUT2D eigenvalue weighted by molar-refractivity contribution is 5.87. The van der Waals surface area contributed by atoms with Crippen LogP contribution in [0.15, 0.2) is 0 Å². The topological polar surface area (TPSA) is 84.2 Å². The first-order valence-corrected chi connectivity index (χ1v) is 5.39. The van der Waals surface area contributed by atoms with Gasteiger partial charge in [-0.2, -0.15) is 0 Å². The van der Waals surface area contributed by atoms with E-state index in [1.165, 1.54) is 0 Å². The lowest BCUT2D eigenvalue weighted by Gasteiger charge is -2.19. The maximum atomic E-state index is 11.8. The number of carbonyl (C=O) groups is 2. The van der Waals surface area contributed by atoms with Gasteiger partial charge in [-0.3, -0.25) is 9.59 Å². The molecule has 5 nitrogen and oxygen atoms in total. The predicted molar refractivity (Wildman–Crippen MR) is 57.0 cm³/mol. The number of hydrogen-bond donors (Lipinski definition) is 3. The third-order valence-corrected chi connectivity index (χ3v) is 2.91. The van der Waals surface area contributed by atoms with Crippen LogP contribution >= 0.6 is 0 Å². The molecule has 15 heavy (non-hydrogen) atoms. The summed E-state index contributed by atoms with van der Waals surface area (Å²) < 4.78 is 0. The van der Waals surface area contributed by atoms with Gasteiger partial charge in [-0.05, 0) is 26.3 Å². The summed E-state index contributed by atoms with van der Waals surface area (Å²) >= 11 is 0. The van der Waals surface area contributed by atoms with Gasteiger partial charge in [0.05, 0.1) is 5.92 Å². The van der Waals surface area contributed by atoms with E-state index in [1.807, 2.05) is 6.92 Å². The van der Waals surface area contributed by atoms with Crippen molar-refractivity contribution in [3.63, 3.8) is 0 Å². The fourth-order valence-electron chi connectivity index (χ4n) is 1.90. The third-order valence-electron chi connectivity index (χ3n) is 2.91. The third kappa shape index (κ3) is 2.92. The number of carbonyl (C=O) groups excluding carboxylic acids is 2. The molecular formula is C10H19N3O2. The highest BCUT2D eigenvalue weighted by Gasteiger charge is 2.32. The smallest absolute Gasteiger partial charge is 0.239 e. The Morgan fingerprint density at radius 2 is 2.27 bits per heavy atom. The van der Waals surface area contributed by atoms with Crippen molar-refractivity contribution in [1.82, 2.24) is 10.6 Å². The maximum Gasteiger partial charge on any atom is 0.239 e. The van der Waals surface area contributed by atoms with E-state index < -0.39 is 11.9 Å². The minimum atomic E-state index is -0.587. The quantitative estimate of drug-likeness (QED) is 0.581. The molecule has 4 N–H and O–H groups in total. The van der Waals surface area contributed by atoms with Crippen molar-refractivity contribution < 1.29 is 9.59 Å². The van der Waals surface area contributed by atoms with Crippen LogP contribution in [-0.4, -0.2) is 30.4 Å².